The highest BCUT2D eigenvalue weighted by Crippen LogP contribution is 2.58. The van der Waals surface area contributed by atoms with Gasteiger partial charge in [0.05, 0.1) is 0 Å². The standard InChI is InChI=1S/C21H29F3O3S/c1-13(2)18-14-7-10-17-19(3,4)11-6-12-20(17,5)15(14)8-9-16(18)27-28(25,26)21(22,23)24/h8-9,13,17H,6-7,10-12H2,1-5H3. The third-order valence-corrected chi connectivity index (χ3v) is 7.87. The van der Waals surface area contributed by atoms with Gasteiger partial charge in [-0.1, -0.05) is 47.1 Å². The Labute approximate surface area is 165 Å². The molecular weight excluding hydrogens is 389 g/mol. The summed E-state index contributed by atoms with van der Waals surface area (Å²) in [5, 5.41) is 0. The average Bonchev–Trinajstić information content (AvgIpc) is 2.51. The number of halogens is 3. The van der Waals surface area contributed by atoms with Crippen molar-refractivity contribution in [1.82, 2.24) is 0 Å². The van der Waals surface area contributed by atoms with Crippen LogP contribution in [0.3, 0.4) is 0 Å². The Morgan fingerprint density at radius 2 is 1.79 bits per heavy atom. The Morgan fingerprint density at radius 1 is 1.14 bits per heavy atom. The van der Waals surface area contributed by atoms with Crippen molar-refractivity contribution in [3.05, 3.63) is 28.8 Å². The molecule has 7 heteroatoms. The summed E-state index contributed by atoms with van der Waals surface area (Å²) < 4.78 is 66.3. The summed E-state index contributed by atoms with van der Waals surface area (Å²) in [6.07, 6.45) is 5.00. The molecule has 2 atom stereocenters. The normalized spacial score (nSPS) is 27.2. The maximum Gasteiger partial charge on any atom is 0.534 e. The Bertz CT molecular complexity index is 872. The van der Waals surface area contributed by atoms with Crippen LogP contribution >= 0.6 is 0 Å². The SMILES string of the molecule is CC(C)c1c(OS(=O)(=O)C(F)(F)F)ccc2c1CCC1C(C)(C)CCCC21C. The highest BCUT2D eigenvalue weighted by atomic mass is 32.2. The second-order valence-electron chi connectivity index (χ2n) is 9.49. The zero-order valence-corrected chi connectivity index (χ0v) is 17.9. The lowest BCUT2D eigenvalue weighted by Gasteiger charge is -2.54. The first kappa shape index (κ1) is 21.5. The van der Waals surface area contributed by atoms with E-state index < -0.39 is 15.6 Å². The van der Waals surface area contributed by atoms with Gasteiger partial charge in [-0.2, -0.15) is 21.6 Å². The fourth-order valence-corrected chi connectivity index (χ4v) is 6.24. The molecule has 0 aromatic heterocycles. The van der Waals surface area contributed by atoms with E-state index >= 15 is 0 Å². The Kier molecular flexibility index (Phi) is 5.09. The van der Waals surface area contributed by atoms with Crippen LogP contribution in [0.15, 0.2) is 12.1 Å². The molecule has 0 spiro atoms. The zero-order chi connectivity index (χ0) is 21.1. The summed E-state index contributed by atoms with van der Waals surface area (Å²) in [7, 11) is -5.69. The molecule has 1 fully saturated rings. The van der Waals surface area contributed by atoms with Crippen LogP contribution < -0.4 is 4.18 Å². The largest absolute Gasteiger partial charge is 0.534 e. The molecule has 1 aromatic carbocycles. The van der Waals surface area contributed by atoms with Crippen LogP contribution in [0.1, 0.15) is 82.9 Å². The lowest BCUT2D eigenvalue weighted by atomic mass is 9.50. The van der Waals surface area contributed by atoms with Gasteiger partial charge in [-0.3, -0.25) is 0 Å². The molecule has 0 saturated heterocycles. The number of alkyl halides is 3. The van der Waals surface area contributed by atoms with Crippen molar-refractivity contribution in [3.8, 4) is 5.75 Å². The fraction of sp³-hybridized carbons (Fsp3) is 0.714. The molecule has 2 unspecified atom stereocenters. The quantitative estimate of drug-likeness (QED) is 0.442. The molecule has 0 radical (unpaired) electrons. The molecule has 0 N–H and O–H groups in total. The van der Waals surface area contributed by atoms with Gasteiger partial charge in [0.2, 0.25) is 0 Å². The molecule has 2 aliphatic rings. The summed E-state index contributed by atoms with van der Waals surface area (Å²) in [5.41, 5.74) is -2.58. The molecule has 28 heavy (non-hydrogen) atoms. The third-order valence-electron chi connectivity index (χ3n) is 6.91. The van der Waals surface area contributed by atoms with E-state index in [0.717, 1.165) is 36.8 Å². The van der Waals surface area contributed by atoms with E-state index in [9.17, 15) is 21.6 Å². The van der Waals surface area contributed by atoms with Crippen LogP contribution in [0.5, 0.6) is 5.75 Å². The van der Waals surface area contributed by atoms with Crippen molar-refractivity contribution < 1.29 is 25.8 Å². The minimum atomic E-state index is -5.69. The number of rotatable bonds is 3. The number of hydrogen-bond acceptors (Lipinski definition) is 3. The molecule has 0 heterocycles. The van der Waals surface area contributed by atoms with Gasteiger partial charge in [0.1, 0.15) is 5.75 Å². The van der Waals surface area contributed by atoms with Gasteiger partial charge in [0.15, 0.2) is 0 Å². The first-order chi connectivity index (χ1) is 12.7. The van der Waals surface area contributed by atoms with Crippen molar-refractivity contribution in [2.45, 2.75) is 83.6 Å². The molecular formula is C21H29F3O3S. The molecule has 1 saturated carbocycles. The van der Waals surface area contributed by atoms with E-state index in [1.165, 1.54) is 12.5 Å². The van der Waals surface area contributed by atoms with Gasteiger partial charge in [0.25, 0.3) is 0 Å². The van der Waals surface area contributed by atoms with Crippen molar-refractivity contribution in [2.75, 3.05) is 0 Å². The van der Waals surface area contributed by atoms with Crippen LogP contribution in [0.25, 0.3) is 0 Å². The molecule has 3 rings (SSSR count). The second-order valence-corrected chi connectivity index (χ2v) is 11.0. The smallest absolute Gasteiger partial charge is 0.376 e. The highest BCUT2D eigenvalue weighted by Gasteiger charge is 2.51. The van der Waals surface area contributed by atoms with Crippen LogP contribution in [0, 0.1) is 11.3 Å². The summed E-state index contributed by atoms with van der Waals surface area (Å²) in [6.45, 7) is 10.6. The van der Waals surface area contributed by atoms with Crippen LogP contribution in [-0.2, 0) is 22.0 Å². The van der Waals surface area contributed by atoms with Gasteiger partial charge in [0, 0.05) is 5.56 Å². The molecule has 3 nitrogen and oxygen atoms in total. The predicted molar refractivity (Wildman–Crippen MR) is 103 cm³/mol. The monoisotopic (exact) mass is 418 g/mol. The maximum atomic E-state index is 12.8. The van der Waals surface area contributed by atoms with Gasteiger partial charge < -0.3 is 4.18 Å². The maximum absolute atomic E-state index is 12.8. The molecule has 1 aromatic rings. The van der Waals surface area contributed by atoms with Gasteiger partial charge in [-0.05, 0) is 65.5 Å². The van der Waals surface area contributed by atoms with E-state index in [4.69, 9.17) is 0 Å². The summed E-state index contributed by atoms with van der Waals surface area (Å²) in [4.78, 5) is 0. The van der Waals surface area contributed by atoms with Crippen LogP contribution in [0.2, 0.25) is 0 Å². The summed E-state index contributed by atoms with van der Waals surface area (Å²) in [6, 6.07) is 3.22. The van der Waals surface area contributed by atoms with Crippen LogP contribution in [-0.4, -0.2) is 13.9 Å². The third kappa shape index (κ3) is 3.33. The van der Waals surface area contributed by atoms with E-state index in [1.807, 2.05) is 13.8 Å². The zero-order valence-electron chi connectivity index (χ0n) is 17.1. The molecule has 0 aliphatic heterocycles. The first-order valence-corrected chi connectivity index (χ1v) is 11.3. The van der Waals surface area contributed by atoms with E-state index in [1.54, 1.807) is 6.07 Å². The lowest BCUT2D eigenvalue weighted by molar-refractivity contribution is -0.0500. The molecule has 0 bridgehead atoms. The van der Waals surface area contributed by atoms with E-state index in [-0.39, 0.29) is 22.5 Å². The van der Waals surface area contributed by atoms with Crippen molar-refractivity contribution in [2.24, 2.45) is 11.3 Å². The predicted octanol–water partition coefficient (Wildman–Crippen LogP) is 6.07. The average molecular weight is 419 g/mol. The summed E-state index contributed by atoms with van der Waals surface area (Å²) in [5.74, 6) is 0.153. The van der Waals surface area contributed by atoms with Crippen molar-refractivity contribution in [1.29, 1.82) is 0 Å². The fourth-order valence-electron chi connectivity index (χ4n) is 5.76. The Morgan fingerprint density at radius 3 is 2.36 bits per heavy atom. The Balaban J connectivity index is 2.14. The van der Waals surface area contributed by atoms with Gasteiger partial charge >= 0.3 is 15.6 Å². The van der Waals surface area contributed by atoms with Crippen molar-refractivity contribution in [3.63, 3.8) is 0 Å². The molecule has 2 aliphatic carbocycles. The van der Waals surface area contributed by atoms with Crippen molar-refractivity contribution >= 4 is 10.1 Å². The number of hydrogen-bond donors (Lipinski definition) is 0. The lowest BCUT2D eigenvalue weighted by Crippen LogP contribution is -2.48. The molecule has 0 amide bonds. The van der Waals surface area contributed by atoms with Gasteiger partial charge in [-0.25, -0.2) is 0 Å². The van der Waals surface area contributed by atoms with E-state index in [2.05, 4.69) is 25.0 Å². The summed E-state index contributed by atoms with van der Waals surface area (Å²) >= 11 is 0. The highest BCUT2D eigenvalue weighted by molar-refractivity contribution is 7.88. The van der Waals surface area contributed by atoms with Crippen LogP contribution in [0.4, 0.5) is 13.2 Å². The first-order valence-electron chi connectivity index (χ1n) is 9.88. The Hall–Kier alpha value is -1.24. The minimum Gasteiger partial charge on any atom is -0.376 e. The van der Waals surface area contributed by atoms with E-state index in [0.29, 0.717) is 11.5 Å². The van der Waals surface area contributed by atoms with Gasteiger partial charge in [-0.15, -0.1) is 0 Å². The number of fused-ring (bicyclic) bond motifs is 3. The topological polar surface area (TPSA) is 43.4 Å². The molecule has 158 valence electrons. The minimum absolute atomic E-state index is 0.0552. The number of benzene rings is 1. The second kappa shape index (κ2) is 6.64.